The monoisotopic (exact) mass is 435 g/mol. The molecule has 8 heteroatoms. The topological polar surface area (TPSA) is 99.2 Å². The average Bonchev–Trinajstić information content (AvgIpc) is 3.09. The van der Waals surface area contributed by atoms with Crippen LogP contribution in [0.2, 0.25) is 0 Å². The Labute approximate surface area is 180 Å². The minimum Gasteiger partial charge on any atom is -0.390 e. The van der Waals surface area contributed by atoms with Gasteiger partial charge in [-0.05, 0) is 42.9 Å². The van der Waals surface area contributed by atoms with Crippen molar-refractivity contribution in [3.8, 4) is 0 Å². The molecule has 6 nitrogen and oxygen atoms in total. The van der Waals surface area contributed by atoms with Crippen LogP contribution in [0.25, 0.3) is 0 Å². The fourth-order valence-electron chi connectivity index (χ4n) is 4.97. The summed E-state index contributed by atoms with van der Waals surface area (Å²) in [5, 5.41) is 21.7. The van der Waals surface area contributed by atoms with Gasteiger partial charge in [0, 0.05) is 18.3 Å². The van der Waals surface area contributed by atoms with E-state index in [-0.39, 0.29) is 17.5 Å². The van der Waals surface area contributed by atoms with Gasteiger partial charge in [0.2, 0.25) is 5.91 Å². The molecule has 3 aliphatic rings. The summed E-state index contributed by atoms with van der Waals surface area (Å²) in [5.41, 5.74) is 6.52. The van der Waals surface area contributed by atoms with E-state index in [9.17, 15) is 19.4 Å². The summed E-state index contributed by atoms with van der Waals surface area (Å²) >= 11 is 1.49. The van der Waals surface area contributed by atoms with Crippen molar-refractivity contribution in [1.82, 2.24) is 4.90 Å². The van der Waals surface area contributed by atoms with E-state index >= 15 is 0 Å². The molecule has 30 heavy (non-hydrogen) atoms. The molecule has 1 aromatic rings. The third-order valence-electron chi connectivity index (χ3n) is 6.66. The van der Waals surface area contributed by atoms with Gasteiger partial charge in [-0.25, -0.2) is 4.39 Å². The number of halogens is 1. The minimum atomic E-state index is -1.02. The van der Waals surface area contributed by atoms with Gasteiger partial charge >= 0.3 is 0 Å². The van der Waals surface area contributed by atoms with Crippen molar-refractivity contribution in [2.45, 2.75) is 68.6 Å². The lowest BCUT2D eigenvalue weighted by molar-refractivity contribution is -0.128. The lowest BCUT2D eigenvalue weighted by Gasteiger charge is -2.41. The second-order valence-corrected chi connectivity index (χ2v) is 9.90. The first-order valence-corrected chi connectivity index (χ1v) is 11.7. The summed E-state index contributed by atoms with van der Waals surface area (Å²) in [7, 11) is 0. The number of rotatable bonds is 5. The number of aliphatic imine (C=N–C) groups is 1. The molecule has 1 aromatic carbocycles. The second-order valence-electron chi connectivity index (χ2n) is 8.76. The third kappa shape index (κ3) is 4.50. The zero-order valence-corrected chi connectivity index (χ0v) is 17.8. The molecule has 4 rings (SSSR count). The SMILES string of the molecule is NC(=O)[C@H]1C[C@@H](O)[C@H](O)[C@@H]2[C@@H]1SC(=NCC1CCCCC1)N2Cc1ccc(F)cc1. The van der Waals surface area contributed by atoms with Crippen molar-refractivity contribution in [3.05, 3.63) is 35.6 Å². The highest BCUT2D eigenvalue weighted by Crippen LogP contribution is 2.44. The molecule has 3 fully saturated rings. The summed E-state index contributed by atoms with van der Waals surface area (Å²) in [6.45, 7) is 1.15. The Bertz CT molecular complexity index is 784. The number of aliphatic hydroxyl groups excluding tert-OH is 2. The van der Waals surface area contributed by atoms with E-state index in [0.717, 1.165) is 17.3 Å². The molecule has 1 aliphatic heterocycles. The number of amidine groups is 1. The normalized spacial score (nSPS) is 33.6. The van der Waals surface area contributed by atoms with Crippen LogP contribution < -0.4 is 5.73 Å². The number of hydrogen-bond donors (Lipinski definition) is 3. The van der Waals surface area contributed by atoms with Crippen LogP contribution in [0.15, 0.2) is 29.3 Å². The molecule has 1 heterocycles. The van der Waals surface area contributed by atoms with E-state index in [2.05, 4.69) is 0 Å². The van der Waals surface area contributed by atoms with Crippen molar-refractivity contribution in [3.63, 3.8) is 0 Å². The number of carbonyl (C=O) groups is 1. The molecule has 2 saturated carbocycles. The van der Waals surface area contributed by atoms with Crippen molar-refractivity contribution in [1.29, 1.82) is 0 Å². The lowest BCUT2D eigenvalue weighted by Crippen LogP contribution is -2.58. The summed E-state index contributed by atoms with van der Waals surface area (Å²) in [6, 6.07) is 5.78. The molecule has 5 atom stereocenters. The van der Waals surface area contributed by atoms with Crippen molar-refractivity contribution in [2.24, 2.45) is 22.6 Å². The van der Waals surface area contributed by atoms with Gasteiger partial charge in [0.15, 0.2) is 5.17 Å². The van der Waals surface area contributed by atoms with Gasteiger partial charge in [-0.15, -0.1) is 0 Å². The maximum Gasteiger partial charge on any atom is 0.221 e. The standard InChI is InChI=1S/C22H30FN3O3S/c23-15-8-6-14(7-9-15)12-26-18-19(28)17(27)10-16(21(24)29)20(18)30-22(26)25-11-13-4-2-1-3-5-13/h6-9,13,16-20,27-28H,1-5,10-12H2,(H2,24,29)/t16-,17+,18+,19-,20+/m0/s1. The lowest BCUT2D eigenvalue weighted by atomic mass is 9.80. The highest BCUT2D eigenvalue weighted by atomic mass is 32.2. The minimum absolute atomic E-state index is 0.158. The largest absolute Gasteiger partial charge is 0.390 e. The van der Waals surface area contributed by atoms with E-state index in [4.69, 9.17) is 10.7 Å². The van der Waals surface area contributed by atoms with Gasteiger partial charge in [-0.1, -0.05) is 43.2 Å². The van der Waals surface area contributed by atoms with Gasteiger partial charge in [-0.2, -0.15) is 0 Å². The maximum atomic E-state index is 13.4. The van der Waals surface area contributed by atoms with Crippen LogP contribution in [0.5, 0.6) is 0 Å². The quantitative estimate of drug-likeness (QED) is 0.659. The smallest absolute Gasteiger partial charge is 0.221 e. The second kappa shape index (κ2) is 9.24. The van der Waals surface area contributed by atoms with Crippen LogP contribution in [0.3, 0.4) is 0 Å². The zero-order valence-electron chi connectivity index (χ0n) is 17.0. The Morgan fingerprint density at radius 1 is 1.20 bits per heavy atom. The first-order chi connectivity index (χ1) is 14.4. The summed E-state index contributed by atoms with van der Waals surface area (Å²) < 4.78 is 13.4. The molecule has 1 amide bonds. The molecule has 4 N–H and O–H groups in total. The maximum absolute atomic E-state index is 13.4. The van der Waals surface area contributed by atoms with E-state index in [1.807, 2.05) is 4.90 Å². The Kier molecular flexibility index (Phi) is 6.65. The fraction of sp³-hybridized carbons (Fsp3) is 0.636. The first kappa shape index (κ1) is 21.6. The predicted octanol–water partition coefficient (Wildman–Crippen LogP) is 2.28. The van der Waals surface area contributed by atoms with Crippen LogP contribution in [0.4, 0.5) is 4.39 Å². The number of amides is 1. The molecule has 0 aromatic heterocycles. The Morgan fingerprint density at radius 2 is 1.90 bits per heavy atom. The molecular formula is C22H30FN3O3S. The molecule has 0 unspecified atom stereocenters. The number of carbonyl (C=O) groups excluding carboxylic acids is 1. The number of hydrogen-bond acceptors (Lipinski definition) is 5. The van der Waals surface area contributed by atoms with Gasteiger partial charge in [-0.3, -0.25) is 9.79 Å². The van der Waals surface area contributed by atoms with Gasteiger partial charge in [0.25, 0.3) is 0 Å². The molecule has 2 aliphatic carbocycles. The Hall–Kier alpha value is -1.64. The van der Waals surface area contributed by atoms with E-state index in [0.29, 0.717) is 12.5 Å². The first-order valence-electron chi connectivity index (χ1n) is 10.8. The van der Waals surface area contributed by atoms with Gasteiger partial charge in [0.05, 0.1) is 18.1 Å². The molecule has 1 saturated heterocycles. The van der Waals surface area contributed by atoms with Crippen molar-refractivity contribution < 1.29 is 19.4 Å². The van der Waals surface area contributed by atoms with Crippen LogP contribution in [-0.2, 0) is 11.3 Å². The number of benzene rings is 1. The van der Waals surface area contributed by atoms with E-state index in [1.54, 1.807) is 12.1 Å². The van der Waals surface area contributed by atoms with Crippen molar-refractivity contribution in [2.75, 3.05) is 6.54 Å². The summed E-state index contributed by atoms with van der Waals surface area (Å²) in [5.74, 6) is -0.736. The Balaban J connectivity index is 1.62. The van der Waals surface area contributed by atoms with Gasteiger partial charge in [0.1, 0.15) is 11.9 Å². The highest BCUT2D eigenvalue weighted by molar-refractivity contribution is 8.14. The van der Waals surface area contributed by atoms with Crippen LogP contribution in [-0.4, -0.2) is 56.2 Å². The summed E-state index contributed by atoms with van der Waals surface area (Å²) in [6.07, 6.45) is 4.26. The van der Waals surface area contributed by atoms with Crippen LogP contribution in [0, 0.1) is 17.7 Å². The number of fused-ring (bicyclic) bond motifs is 1. The highest BCUT2D eigenvalue weighted by Gasteiger charge is 2.54. The number of primary amides is 1. The average molecular weight is 436 g/mol. The zero-order chi connectivity index (χ0) is 21.3. The van der Waals surface area contributed by atoms with Crippen LogP contribution in [0.1, 0.15) is 44.1 Å². The number of nitrogens with zero attached hydrogens (tertiary/aromatic N) is 2. The van der Waals surface area contributed by atoms with Crippen LogP contribution >= 0.6 is 11.8 Å². The third-order valence-corrected chi connectivity index (χ3v) is 8.11. The molecule has 164 valence electrons. The predicted molar refractivity (Wildman–Crippen MR) is 115 cm³/mol. The van der Waals surface area contributed by atoms with Gasteiger partial charge < -0.3 is 20.8 Å². The number of nitrogens with two attached hydrogens (primary N) is 1. The Morgan fingerprint density at radius 3 is 2.57 bits per heavy atom. The number of aliphatic hydroxyl groups is 2. The molecule has 0 bridgehead atoms. The van der Waals surface area contributed by atoms with Crippen molar-refractivity contribution >= 4 is 22.8 Å². The summed E-state index contributed by atoms with van der Waals surface area (Å²) in [4.78, 5) is 19.0. The molecule has 0 spiro atoms. The van der Waals surface area contributed by atoms with E-state index < -0.39 is 30.1 Å². The van der Waals surface area contributed by atoms with E-state index in [1.165, 1.54) is 56.0 Å². The molecule has 0 radical (unpaired) electrons. The number of thioether (sulfide) groups is 1. The molecular weight excluding hydrogens is 405 g/mol. The fourth-order valence-corrected chi connectivity index (χ4v) is 6.54.